The predicted octanol–water partition coefficient (Wildman–Crippen LogP) is 0.748. The second-order valence-electron chi connectivity index (χ2n) is 1.08. The molecule has 0 rings (SSSR count). The number of nitrogens with one attached hydrogen (secondary N) is 1. The molecule has 0 heterocycles. The highest BCUT2D eigenvalue weighted by molar-refractivity contribution is 7.95. The molecule has 0 aromatic heterocycles. The maximum absolute atomic E-state index is 11.1. The van der Waals surface area contributed by atoms with E-state index in [0.717, 1.165) is 0 Å². The average Bonchev–Trinajstić information content (AvgIpc) is 1.62. The topological polar surface area (TPSA) is 61.2 Å². The summed E-state index contributed by atoms with van der Waals surface area (Å²) in [4.78, 5) is 0. The monoisotopic (exact) mass is 161 g/mol. The van der Waals surface area contributed by atoms with Crippen molar-refractivity contribution in [2.45, 2.75) is 6.18 Å². The zero-order valence-electron chi connectivity index (χ0n) is 3.90. The first-order valence-corrected chi connectivity index (χ1v) is 2.73. The van der Waals surface area contributed by atoms with Crippen molar-refractivity contribution >= 4 is 16.1 Å². The van der Waals surface area contributed by atoms with Crippen molar-refractivity contribution in [3.8, 4) is 0 Å². The molecule has 0 bridgehead atoms. The summed E-state index contributed by atoms with van der Waals surface area (Å²) in [5, 5.41) is 3.78. The molecule has 9 heavy (non-hydrogen) atoms. The molecular weight excluding hydrogens is 159 g/mol. The quantitative estimate of drug-likeness (QED) is 0.313. The summed E-state index contributed by atoms with van der Waals surface area (Å²) in [5.41, 5.74) is 0. The van der Waals surface area contributed by atoms with Crippen LogP contribution in [0, 0.1) is 5.41 Å². The van der Waals surface area contributed by atoms with Crippen LogP contribution >= 0.6 is 0 Å². The fourth-order valence-corrected chi connectivity index (χ4v) is 0.297. The van der Waals surface area contributed by atoms with Crippen molar-refractivity contribution in [2.75, 3.05) is 0 Å². The van der Waals surface area contributed by atoms with E-state index in [0.29, 0.717) is 0 Å². The highest BCUT2D eigenvalue weighted by Crippen LogP contribution is 2.16. The maximum Gasteiger partial charge on any atom is 0.443 e. The van der Waals surface area contributed by atoms with E-state index < -0.39 is 22.3 Å². The van der Waals surface area contributed by atoms with Crippen molar-refractivity contribution in [3.63, 3.8) is 0 Å². The lowest BCUT2D eigenvalue weighted by atomic mass is 10.7. The molecule has 0 aliphatic carbocycles. The summed E-state index contributed by atoms with van der Waals surface area (Å²) in [5.74, 6) is 0. The Hall–Kier alpha value is -0.430. The number of halogens is 3. The molecule has 7 heteroatoms. The standard InChI is InChI=1S/C2H2F3NO2S/c3-2(4,5)1(6)9(7)8/h6H,(H,7,8). The van der Waals surface area contributed by atoms with Crippen LogP contribution in [0.1, 0.15) is 0 Å². The Morgan fingerprint density at radius 3 is 1.89 bits per heavy atom. The van der Waals surface area contributed by atoms with E-state index >= 15 is 0 Å². The summed E-state index contributed by atoms with van der Waals surface area (Å²) in [6, 6.07) is 0. The van der Waals surface area contributed by atoms with Gasteiger partial charge in [-0.25, -0.2) is 4.21 Å². The van der Waals surface area contributed by atoms with Gasteiger partial charge in [0.2, 0.25) is 16.1 Å². The lowest BCUT2D eigenvalue weighted by molar-refractivity contribution is -0.0565. The van der Waals surface area contributed by atoms with Gasteiger partial charge in [-0.05, 0) is 0 Å². The zero-order valence-corrected chi connectivity index (χ0v) is 4.71. The van der Waals surface area contributed by atoms with Gasteiger partial charge in [0.1, 0.15) is 0 Å². The van der Waals surface area contributed by atoms with Crippen molar-refractivity contribution in [3.05, 3.63) is 0 Å². The largest absolute Gasteiger partial charge is 0.443 e. The normalized spacial score (nSPS) is 15.1. The van der Waals surface area contributed by atoms with Crippen LogP contribution in [-0.2, 0) is 11.1 Å². The molecule has 0 amide bonds. The highest BCUT2D eigenvalue weighted by Gasteiger charge is 2.38. The molecule has 0 fully saturated rings. The van der Waals surface area contributed by atoms with Crippen LogP contribution in [0.25, 0.3) is 0 Å². The van der Waals surface area contributed by atoms with E-state index in [4.69, 9.17) is 9.96 Å². The van der Waals surface area contributed by atoms with Gasteiger partial charge in [0.15, 0.2) is 0 Å². The molecule has 0 saturated carbocycles. The van der Waals surface area contributed by atoms with Gasteiger partial charge >= 0.3 is 6.18 Å². The Bertz CT molecular complexity index is 152. The number of hydrogen-bond donors (Lipinski definition) is 2. The Morgan fingerprint density at radius 1 is 1.56 bits per heavy atom. The molecule has 0 spiro atoms. The summed E-state index contributed by atoms with van der Waals surface area (Å²) < 4.78 is 50.6. The van der Waals surface area contributed by atoms with Gasteiger partial charge in [0.05, 0.1) is 0 Å². The zero-order chi connectivity index (χ0) is 7.65. The third-order valence-electron chi connectivity index (χ3n) is 0.432. The summed E-state index contributed by atoms with van der Waals surface area (Å²) in [6.07, 6.45) is -4.99. The summed E-state index contributed by atoms with van der Waals surface area (Å²) >= 11 is -3.22. The molecule has 1 unspecified atom stereocenters. The minimum atomic E-state index is -4.99. The van der Waals surface area contributed by atoms with Crippen LogP contribution in [0.3, 0.4) is 0 Å². The fraction of sp³-hybridized carbons (Fsp3) is 0.500. The first-order valence-electron chi connectivity index (χ1n) is 1.62. The van der Waals surface area contributed by atoms with Gasteiger partial charge in [-0.3, -0.25) is 5.41 Å². The lowest BCUT2D eigenvalue weighted by Crippen LogP contribution is -2.25. The number of rotatable bonds is 0. The van der Waals surface area contributed by atoms with E-state index in [9.17, 15) is 17.4 Å². The van der Waals surface area contributed by atoms with Gasteiger partial charge in [-0.1, -0.05) is 0 Å². The van der Waals surface area contributed by atoms with Crippen molar-refractivity contribution < 1.29 is 21.9 Å². The molecule has 1 atom stereocenters. The Balaban J connectivity index is 4.23. The molecule has 0 aliphatic heterocycles. The van der Waals surface area contributed by atoms with E-state index in [1.165, 1.54) is 0 Å². The van der Waals surface area contributed by atoms with Crippen LogP contribution in [0.5, 0.6) is 0 Å². The number of hydrogen-bond acceptors (Lipinski definition) is 2. The van der Waals surface area contributed by atoms with Crippen LogP contribution in [0.2, 0.25) is 0 Å². The highest BCUT2D eigenvalue weighted by atomic mass is 32.2. The minimum absolute atomic E-state index is 2.14. The van der Waals surface area contributed by atoms with E-state index in [2.05, 4.69) is 0 Å². The van der Waals surface area contributed by atoms with Crippen molar-refractivity contribution in [2.24, 2.45) is 0 Å². The molecule has 0 aliphatic rings. The molecule has 0 aromatic rings. The maximum atomic E-state index is 11.1. The molecule has 3 nitrogen and oxygen atoms in total. The van der Waals surface area contributed by atoms with Crippen LogP contribution < -0.4 is 0 Å². The van der Waals surface area contributed by atoms with Crippen LogP contribution in [0.15, 0.2) is 0 Å². The third kappa shape index (κ3) is 2.56. The molecule has 0 saturated heterocycles. The number of alkyl halides is 3. The van der Waals surface area contributed by atoms with E-state index in [1.54, 1.807) is 0 Å². The Labute approximate surface area is 50.7 Å². The Kier molecular flexibility index (Phi) is 2.32. The van der Waals surface area contributed by atoms with Crippen molar-refractivity contribution in [1.82, 2.24) is 0 Å². The van der Waals surface area contributed by atoms with Crippen LogP contribution in [-0.4, -0.2) is 20.0 Å². The third-order valence-corrected chi connectivity index (χ3v) is 1.01. The second kappa shape index (κ2) is 2.44. The summed E-state index contributed by atoms with van der Waals surface area (Å²) in [6.45, 7) is 0. The van der Waals surface area contributed by atoms with Crippen LogP contribution in [0.4, 0.5) is 13.2 Å². The SMILES string of the molecule is N=C(S(=O)O)C(F)(F)F. The van der Waals surface area contributed by atoms with Gasteiger partial charge in [-0.15, -0.1) is 0 Å². The fourth-order valence-electron chi connectivity index (χ4n) is 0.0990. The minimum Gasteiger partial charge on any atom is -0.301 e. The Morgan fingerprint density at radius 2 is 1.89 bits per heavy atom. The van der Waals surface area contributed by atoms with Gasteiger partial charge in [-0.2, -0.15) is 13.2 Å². The van der Waals surface area contributed by atoms with E-state index in [-0.39, 0.29) is 0 Å². The van der Waals surface area contributed by atoms with Gasteiger partial charge < -0.3 is 4.55 Å². The smallest absolute Gasteiger partial charge is 0.301 e. The second-order valence-corrected chi connectivity index (χ2v) is 1.98. The predicted molar refractivity (Wildman–Crippen MR) is 24.6 cm³/mol. The molecule has 2 N–H and O–H groups in total. The molecular formula is C2H2F3NO2S. The molecule has 0 aromatic carbocycles. The summed E-state index contributed by atoms with van der Waals surface area (Å²) in [7, 11) is 0. The average molecular weight is 161 g/mol. The molecule has 0 radical (unpaired) electrons. The van der Waals surface area contributed by atoms with Gasteiger partial charge in [0.25, 0.3) is 0 Å². The van der Waals surface area contributed by atoms with Gasteiger partial charge in [0, 0.05) is 0 Å². The van der Waals surface area contributed by atoms with Crippen molar-refractivity contribution in [1.29, 1.82) is 5.41 Å². The first-order chi connectivity index (χ1) is 3.85. The van der Waals surface area contributed by atoms with E-state index in [1.807, 2.05) is 0 Å². The first kappa shape index (κ1) is 8.57. The molecule has 54 valence electrons. The lowest BCUT2D eigenvalue weighted by Gasteiger charge is -2.01.